The Morgan fingerprint density at radius 3 is 2.68 bits per heavy atom. The lowest BCUT2D eigenvalue weighted by Gasteiger charge is -2.25. The van der Waals surface area contributed by atoms with Gasteiger partial charge >= 0.3 is 12.0 Å². The summed E-state index contributed by atoms with van der Waals surface area (Å²) >= 11 is 1.68. The van der Waals surface area contributed by atoms with Crippen LogP contribution in [0.5, 0.6) is 5.75 Å². The van der Waals surface area contributed by atoms with Crippen molar-refractivity contribution in [2.45, 2.75) is 18.9 Å². The smallest absolute Gasteiger partial charge is 0.325 e. The van der Waals surface area contributed by atoms with Crippen LogP contribution in [-0.4, -0.2) is 42.3 Å². The van der Waals surface area contributed by atoms with Crippen LogP contribution in [0.1, 0.15) is 23.4 Å². The monoisotopic (exact) mass is 400 g/mol. The maximum absolute atomic E-state index is 12.6. The first-order chi connectivity index (χ1) is 13.7. The summed E-state index contributed by atoms with van der Waals surface area (Å²) in [5, 5.41) is 2.49. The maximum atomic E-state index is 12.6. The molecule has 1 atom stereocenters. The summed E-state index contributed by atoms with van der Waals surface area (Å²) in [6.07, 6.45) is 0. The Morgan fingerprint density at radius 1 is 1.14 bits per heavy atom. The van der Waals surface area contributed by atoms with E-state index >= 15 is 0 Å². The van der Waals surface area contributed by atoms with Crippen molar-refractivity contribution in [3.63, 3.8) is 0 Å². The van der Waals surface area contributed by atoms with Gasteiger partial charge in [-0.25, -0.2) is 4.79 Å². The van der Waals surface area contributed by atoms with Crippen LogP contribution in [0.15, 0.2) is 54.6 Å². The highest BCUT2D eigenvalue weighted by molar-refractivity contribution is 7.99. The Hall–Kier alpha value is -2.67. The highest BCUT2D eigenvalue weighted by Gasteiger charge is 2.32. The van der Waals surface area contributed by atoms with Gasteiger partial charge in [-0.05, 0) is 18.6 Å². The molecule has 1 heterocycles. The first kappa shape index (κ1) is 20.1. The Balaban J connectivity index is 1.67. The number of ether oxygens (including phenoxy) is 2. The fourth-order valence-electron chi connectivity index (χ4n) is 2.95. The topological polar surface area (TPSA) is 67.9 Å². The molecule has 1 unspecified atom stereocenters. The fraction of sp³-hybridized carbons (Fsp3) is 0.333. The van der Waals surface area contributed by atoms with Crippen molar-refractivity contribution >= 4 is 23.8 Å². The van der Waals surface area contributed by atoms with E-state index in [-0.39, 0.29) is 17.9 Å². The molecule has 1 fully saturated rings. The third-order valence-electron chi connectivity index (χ3n) is 4.26. The van der Waals surface area contributed by atoms with Crippen molar-refractivity contribution in [3.8, 4) is 5.75 Å². The first-order valence-corrected chi connectivity index (χ1v) is 10.3. The van der Waals surface area contributed by atoms with Gasteiger partial charge in [0.25, 0.3) is 0 Å². The molecular formula is C21H24N2O4S. The molecule has 2 aromatic rings. The number of carbonyl (C=O) groups is 2. The van der Waals surface area contributed by atoms with E-state index in [1.165, 1.54) is 0 Å². The lowest BCUT2D eigenvalue weighted by atomic mass is 10.2. The van der Waals surface area contributed by atoms with E-state index in [0.717, 1.165) is 22.6 Å². The molecule has 0 aliphatic carbocycles. The third kappa shape index (κ3) is 5.19. The molecule has 3 rings (SSSR count). The van der Waals surface area contributed by atoms with Crippen LogP contribution in [0.2, 0.25) is 0 Å². The Bertz CT molecular complexity index is 800. The van der Waals surface area contributed by atoms with Crippen LogP contribution in [0.4, 0.5) is 4.79 Å². The molecule has 1 aliphatic heterocycles. The number of benzene rings is 2. The van der Waals surface area contributed by atoms with Gasteiger partial charge in [-0.3, -0.25) is 4.79 Å². The van der Waals surface area contributed by atoms with Gasteiger partial charge in [-0.1, -0.05) is 48.5 Å². The second-order valence-corrected chi connectivity index (χ2v) is 7.38. The summed E-state index contributed by atoms with van der Waals surface area (Å²) in [5.74, 6) is 1.14. The number of nitrogens with one attached hydrogen (secondary N) is 1. The average molecular weight is 401 g/mol. The lowest BCUT2D eigenvalue weighted by Crippen LogP contribution is -2.42. The number of thioether (sulfide) groups is 1. The number of carbonyl (C=O) groups excluding carboxylic acids is 2. The highest BCUT2D eigenvalue weighted by Crippen LogP contribution is 2.41. The molecule has 1 saturated heterocycles. The predicted octanol–water partition coefficient (Wildman–Crippen LogP) is 3.59. The van der Waals surface area contributed by atoms with Crippen molar-refractivity contribution in [2.75, 3.05) is 25.4 Å². The van der Waals surface area contributed by atoms with Crippen molar-refractivity contribution in [1.29, 1.82) is 0 Å². The van der Waals surface area contributed by atoms with Gasteiger partial charge in [0.2, 0.25) is 0 Å². The highest BCUT2D eigenvalue weighted by atomic mass is 32.2. The number of urea groups is 1. The summed E-state index contributed by atoms with van der Waals surface area (Å²) in [6.45, 7) is 2.97. The summed E-state index contributed by atoms with van der Waals surface area (Å²) in [5.41, 5.74) is 2.03. The first-order valence-electron chi connectivity index (χ1n) is 9.26. The van der Waals surface area contributed by atoms with E-state index in [4.69, 9.17) is 9.47 Å². The van der Waals surface area contributed by atoms with Crippen LogP contribution < -0.4 is 10.1 Å². The number of hydrogen-bond donors (Lipinski definition) is 1. The van der Waals surface area contributed by atoms with Gasteiger partial charge in [-0.2, -0.15) is 0 Å². The summed E-state index contributed by atoms with van der Waals surface area (Å²) in [4.78, 5) is 25.8. The predicted molar refractivity (Wildman–Crippen MR) is 109 cm³/mol. The van der Waals surface area contributed by atoms with Crippen molar-refractivity contribution in [1.82, 2.24) is 10.2 Å². The molecule has 7 heteroatoms. The quantitative estimate of drug-likeness (QED) is 0.720. The van der Waals surface area contributed by atoms with Crippen LogP contribution in [0, 0.1) is 0 Å². The standard InChI is InChI=1S/C21H24N2O4S/c1-2-26-19(24)14-22-21(25)23-12-13-28-20(23)17-10-6-7-11-18(17)27-15-16-8-4-3-5-9-16/h3-11,20H,2,12-15H2,1H3,(H,22,25). The Morgan fingerprint density at radius 2 is 1.89 bits per heavy atom. The summed E-state index contributed by atoms with van der Waals surface area (Å²) in [6, 6.07) is 17.5. The number of para-hydroxylation sites is 1. The molecule has 2 aromatic carbocycles. The van der Waals surface area contributed by atoms with Crippen LogP contribution in [0.3, 0.4) is 0 Å². The molecule has 28 heavy (non-hydrogen) atoms. The zero-order valence-corrected chi connectivity index (χ0v) is 16.6. The number of rotatable bonds is 7. The SMILES string of the molecule is CCOC(=O)CNC(=O)N1CCSC1c1ccccc1OCc1ccccc1. The molecule has 1 aliphatic rings. The van der Waals surface area contributed by atoms with Gasteiger partial charge in [0.05, 0.1) is 6.61 Å². The molecule has 148 valence electrons. The van der Waals surface area contributed by atoms with Gasteiger partial charge in [0.15, 0.2) is 0 Å². The number of esters is 1. The minimum atomic E-state index is -0.439. The van der Waals surface area contributed by atoms with Gasteiger partial charge in [0, 0.05) is 17.9 Å². The number of amides is 2. The molecule has 0 aromatic heterocycles. The maximum Gasteiger partial charge on any atom is 0.325 e. The van der Waals surface area contributed by atoms with E-state index < -0.39 is 5.97 Å². The van der Waals surface area contributed by atoms with Crippen molar-refractivity contribution in [3.05, 3.63) is 65.7 Å². The summed E-state index contributed by atoms with van der Waals surface area (Å²) < 4.78 is 10.9. The molecule has 1 N–H and O–H groups in total. The minimum absolute atomic E-state index is 0.132. The van der Waals surface area contributed by atoms with Crippen molar-refractivity contribution < 1.29 is 19.1 Å². The van der Waals surface area contributed by atoms with Gasteiger partial charge in [-0.15, -0.1) is 11.8 Å². The summed E-state index contributed by atoms with van der Waals surface area (Å²) in [7, 11) is 0. The fourth-order valence-corrected chi connectivity index (χ4v) is 4.23. The molecule has 0 bridgehead atoms. The van der Waals surface area contributed by atoms with E-state index in [1.54, 1.807) is 23.6 Å². The normalized spacial score (nSPS) is 15.9. The van der Waals surface area contributed by atoms with E-state index in [1.807, 2.05) is 54.6 Å². The Labute approximate surface area is 169 Å². The van der Waals surface area contributed by atoms with E-state index in [2.05, 4.69) is 5.32 Å². The van der Waals surface area contributed by atoms with E-state index in [9.17, 15) is 9.59 Å². The second-order valence-electron chi connectivity index (χ2n) is 6.19. The second kappa shape index (κ2) is 10.0. The minimum Gasteiger partial charge on any atom is -0.489 e. The molecule has 0 saturated carbocycles. The molecule has 2 amide bonds. The van der Waals surface area contributed by atoms with E-state index in [0.29, 0.717) is 19.8 Å². The zero-order chi connectivity index (χ0) is 19.8. The lowest BCUT2D eigenvalue weighted by molar-refractivity contribution is -0.141. The van der Waals surface area contributed by atoms with Crippen LogP contribution in [0.25, 0.3) is 0 Å². The Kier molecular flexibility index (Phi) is 7.19. The average Bonchev–Trinajstić information content (AvgIpc) is 3.21. The molecule has 6 nitrogen and oxygen atoms in total. The third-order valence-corrected chi connectivity index (χ3v) is 5.51. The molecular weight excluding hydrogens is 376 g/mol. The van der Waals surface area contributed by atoms with Crippen LogP contribution in [-0.2, 0) is 16.1 Å². The molecule has 0 radical (unpaired) electrons. The zero-order valence-electron chi connectivity index (χ0n) is 15.8. The largest absolute Gasteiger partial charge is 0.489 e. The number of nitrogens with zero attached hydrogens (tertiary/aromatic N) is 1. The van der Waals surface area contributed by atoms with Gasteiger partial charge in [0.1, 0.15) is 24.3 Å². The number of hydrogen-bond acceptors (Lipinski definition) is 5. The van der Waals surface area contributed by atoms with Crippen molar-refractivity contribution in [2.24, 2.45) is 0 Å². The molecule has 0 spiro atoms. The van der Waals surface area contributed by atoms with Crippen LogP contribution >= 0.6 is 11.8 Å². The van der Waals surface area contributed by atoms with Gasteiger partial charge < -0.3 is 19.7 Å².